The summed E-state index contributed by atoms with van der Waals surface area (Å²) in [5, 5.41) is 2.85. The molecular formula is C19H19NO3. The SMILES string of the molecule is COc1ccc(C)cc1NC(=O)/C=C/c1ccc2c(c1)CCO2. The molecule has 23 heavy (non-hydrogen) atoms. The van der Waals surface area contributed by atoms with Crippen LogP contribution in [-0.2, 0) is 11.2 Å². The van der Waals surface area contributed by atoms with Gasteiger partial charge in [0.25, 0.3) is 0 Å². The third-order valence-corrected chi connectivity index (χ3v) is 3.75. The van der Waals surface area contributed by atoms with Crippen molar-refractivity contribution in [3.05, 3.63) is 59.2 Å². The predicted molar refractivity (Wildman–Crippen MR) is 91.0 cm³/mol. The van der Waals surface area contributed by atoms with Crippen LogP contribution in [0.25, 0.3) is 6.08 Å². The van der Waals surface area contributed by atoms with Crippen molar-refractivity contribution in [1.82, 2.24) is 0 Å². The highest BCUT2D eigenvalue weighted by Crippen LogP contribution is 2.27. The molecule has 2 aromatic rings. The van der Waals surface area contributed by atoms with Crippen LogP contribution in [0.2, 0.25) is 0 Å². The van der Waals surface area contributed by atoms with Crippen LogP contribution in [0.1, 0.15) is 16.7 Å². The van der Waals surface area contributed by atoms with Gasteiger partial charge < -0.3 is 14.8 Å². The van der Waals surface area contributed by atoms with Gasteiger partial charge in [-0.2, -0.15) is 0 Å². The zero-order chi connectivity index (χ0) is 16.2. The molecule has 2 aromatic carbocycles. The molecule has 0 unspecified atom stereocenters. The maximum atomic E-state index is 12.1. The lowest BCUT2D eigenvalue weighted by atomic mass is 10.1. The van der Waals surface area contributed by atoms with Gasteiger partial charge in [0.2, 0.25) is 5.91 Å². The summed E-state index contributed by atoms with van der Waals surface area (Å²) >= 11 is 0. The van der Waals surface area contributed by atoms with E-state index in [1.165, 1.54) is 11.6 Å². The van der Waals surface area contributed by atoms with E-state index in [1.54, 1.807) is 13.2 Å². The van der Waals surface area contributed by atoms with Gasteiger partial charge in [-0.15, -0.1) is 0 Å². The number of ether oxygens (including phenoxy) is 2. The molecule has 4 heteroatoms. The average Bonchev–Trinajstić information content (AvgIpc) is 3.01. The summed E-state index contributed by atoms with van der Waals surface area (Å²) in [6, 6.07) is 11.6. The second kappa shape index (κ2) is 6.57. The molecule has 118 valence electrons. The Hall–Kier alpha value is -2.75. The van der Waals surface area contributed by atoms with Crippen LogP contribution in [0.3, 0.4) is 0 Å². The molecule has 0 saturated carbocycles. The van der Waals surface area contributed by atoms with Gasteiger partial charge in [-0.05, 0) is 54.0 Å². The zero-order valence-electron chi connectivity index (χ0n) is 13.3. The summed E-state index contributed by atoms with van der Waals surface area (Å²) in [7, 11) is 1.59. The molecule has 0 atom stereocenters. The van der Waals surface area contributed by atoms with E-state index in [4.69, 9.17) is 9.47 Å². The van der Waals surface area contributed by atoms with E-state index in [2.05, 4.69) is 11.4 Å². The number of anilines is 1. The van der Waals surface area contributed by atoms with E-state index in [0.29, 0.717) is 11.4 Å². The summed E-state index contributed by atoms with van der Waals surface area (Å²) < 4.78 is 10.7. The highest BCUT2D eigenvalue weighted by Gasteiger charge is 2.11. The molecule has 1 N–H and O–H groups in total. The number of carbonyl (C=O) groups excluding carboxylic acids is 1. The Bertz CT molecular complexity index is 765. The smallest absolute Gasteiger partial charge is 0.248 e. The molecule has 0 radical (unpaired) electrons. The number of carbonyl (C=O) groups is 1. The van der Waals surface area contributed by atoms with Gasteiger partial charge in [-0.3, -0.25) is 4.79 Å². The zero-order valence-corrected chi connectivity index (χ0v) is 13.3. The molecule has 1 aliphatic rings. The first-order valence-electron chi connectivity index (χ1n) is 7.55. The van der Waals surface area contributed by atoms with Crippen molar-refractivity contribution in [3.63, 3.8) is 0 Å². The van der Waals surface area contributed by atoms with E-state index >= 15 is 0 Å². The number of rotatable bonds is 4. The lowest BCUT2D eigenvalue weighted by molar-refractivity contribution is -0.111. The number of benzene rings is 2. The molecule has 0 saturated heterocycles. The Morgan fingerprint density at radius 3 is 2.96 bits per heavy atom. The number of amides is 1. The Balaban J connectivity index is 1.71. The fourth-order valence-electron chi connectivity index (χ4n) is 2.58. The number of methoxy groups -OCH3 is 1. The van der Waals surface area contributed by atoms with Gasteiger partial charge in [-0.1, -0.05) is 12.1 Å². The fraction of sp³-hybridized carbons (Fsp3) is 0.211. The van der Waals surface area contributed by atoms with Crippen molar-refractivity contribution in [2.24, 2.45) is 0 Å². The van der Waals surface area contributed by atoms with Crippen LogP contribution in [0, 0.1) is 6.92 Å². The largest absolute Gasteiger partial charge is 0.495 e. The van der Waals surface area contributed by atoms with E-state index in [9.17, 15) is 4.79 Å². The van der Waals surface area contributed by atoms with Crippen LogP contribution < -0.4 is 14.8 Å². The van der Waals surface area contributed by atoms with Gasteiger partial charge in [0.05, 0.1) is 19.4 Å². The molecule has 0 aromatic heterocycles. The van der Waals surface area contributed by atoms with Crippen LogP contribution in [0.5, 0.6) is 11.5 Å². The standard InChI is InChI=1S/C19H19NO3/c1-13-3-6-18(22-2)16(11-13)20-19(21)8-5-14-4-7-17-15(12-14)9-10-23-17/h3-8,11-12H,9-10H2,1-2H3,(H,20,21)/b8-5+. The molecular weight excluding hydrogens is 290 g/mol. The van der Waals surface area contributed by atoms with Crippen molar-refractivity contribution in [1.29, 1.82) is 0 Å². The van der Waals surface area contributed by atoms with Crippen molar-refractivity contribution < 1.29 is 14.3 Å². The highest BCUT2D eigenvalue weighted by atomic mass is 16.5. The van der Waals surface area contributed by atoms with E-state index in [0.717, 1.165) is 29.9 Å². The minimum atomic E-state index is -0.189. The topological polar surface area (TPSA) is 47.6 Å². The first-order valence-corrected chi connectivity index (χ1v) is 7.55. The molecule has 0 spiro atoms. The van der Waals surface area contributed by atoms with Crippen LogP contribution >= 0.6 is 0 Å². The van der Waals surface area contributed by atoms with Crippen LogP contribution in [-0.4, -0.2) is 19.6 Å². The molecule has 1 amide bonds. The molecule has 0 bridgehead atoms. The Morgan fingerprint density at radius 2 is 2.13 bits per heavy atom. The number of fused-ring (bicyclic) bond motifs is 1. The first-order chi connectivity index (χ1) is 11.2. The van der Waals surface area contributed by atoms with Gasteiger partial charge in [0, 0.05) is 12.5 Å². The predicted octanol–water partition coefficient (Wildman–Crippen LogP) is 3.59. The van der Waals surface area contributed by atoms with E-state index < -0.39 is 0 Å². The summed E-state index contributed by atoms with van der Waals surface area (Å²) in [5.41, 5.74) is 3.90. The summed E-state index contributed by atoms with van der Waals surface area (Å²) in [6.45, 7) is 2.70. The molecule has 0 aliphatic carbocycles. The number of nitrogens with one attached hydrogen (secondary N) is 1. The van der Waals surface area contributed by atoms with E-state index in [1.807, 2.05) is 37.3 Å². The summed E-state index contributed by atoms with van der Waals surface area (Å²) in [6.07, 6.45) is 4.25. The lowest BCUT2D eigenvalue weighted by Crippen LogP contribution is -2.09. The summed E-state index contributed by atoms with van der Waals surface area (Å²) in [4.78, 5) is 12.1. The third kappa shape index (κ3) is 3.54. The summed E-state index contributed by atoms with van der Waals surface area (Å²) in [5.74, 6) is 1.40. The first kappa shape index (κ1) is 15.2. The Morgan fingerprint density at radius 1 is 1.26 bits per heavy atom. The minimum Gasteiger partial charge on any atom is -0.495 e. The fourth-order valence-corrected chi connectivity index (χ4v) is 2.58. The highest BCUT2D eigenvalue weighted by molar-refractivity contribution is 6.02. The Labute approximate surface area is 135 Å². The molecule has 1 aliphatic heterocycles. The van der Waals surface area contributed by atoms with Gasteiger partial charge in [-0.25, -0.2) is 0 Å². The Kier molecular flexibility index (Phi) is 4.33. The second-order valence-corrected chi connectivity index (χ2v) is 5.49. The van der Waals surface area contributed by atoms with Crippen molar-refractivity contribution >= 4 is 17.7 Å². The monoisotopic (exact) mass is 309 g/mol. The van der Waals surface area contributed by atoms with Crippen LogP contribution in [0.15, 0.2) is 42.5 Å². The van der Waals surface area contributed by atoms with Gasteiger partial charge in [0.1, 0.15) is 11.5 Å². The number of hydrogen-bond acceptors (Lipinski definition) is 3. The maximum absolute atomic E-state index is 12.1. The minimum absolute atomic E-state index is 0.189. The molecule has 1 heterocycles. The van der Waals surface area contributed by atoms with Crippen molar-refractivity contribution in [3.8, 4) is 11.5 Å². The van der Waals surface area contributed by atoms with Gasteiger partial charge >= 0.3 is 0 Å². The lowest BCUT2D eigenvalue weighted by Gasteiger charge is -2.09. The van der Waals surface area contributed by atoms with Crippen LogP contribution in [0.4, 0.5) is 5.69 Å². The quantitative estimate of drug-likeness (QED) is 0.878. The van der Waals surface area contributed by atoms with Gasteiger partial charge in [0.15, 0.2) is 0 Å². The third-order valence-electron chi connectivity index (χ3n) is 3.75. The average molecular weight is 309 g/mol. The molecule has 4 nitrogen and oxygen atoms in total. The molecule has 0 fully saturated rings. The van der Waals surface area contributed by atoms with Crippen molar-refractivity contribution in [2.45, 2.75) is 13.3 Å². The van der Waals surface area contributed by atoms with E-state index in [-0.39, 0.29) is 5.91 Å². The maximum Gasteiger partial charge on any atom is 0.248 e. The normalized spacial score (nSPS) is 12.8. The van der Waals surface area contributed by atoms with Crippen molar-refractivity contribution in [2.75, 3.05) is 19.0 Å². The number of hydrogen-bond donors (Lipinski definition) is 1. The number of aryl methyl sites for hydroxylation is 1. The molecule has 3 rings (SSSR count). The second-order valence-electron chi connectivity index (χ2n) is 5.49.